The summed E-state index contributed by atoms with van der Waals surface area (Å²) in [6.07, 6.45) is 11.1. The lowest BCUT2D eigenvalue weighted by Crippen LogP contribution is -2.40. The number of carbonyl (C=O) groups excluding carboxylic acids is 1. The van der Waals surface area contributed by atoms with E-state index in [2.05, 4.69) is 15.3 Å². The van der Waals surface area contributed by atoms with Crippen molar-refractivity contribution in [3.63, 3.8) is 0 Å². The topological polar surface area (TPSA) is 76.9 Å². The highest BCUT2D eigenvalue weighted by Gasteiger charge is 2.27. The third kappa shape index (κ3) is 4.00. The molecule has 1 atom stereocenters. The number of nitrogens with zero attached hydrogens (tertiary/aromatic N) is 3. The van der Waals surface area contributed by atoms with Crippen molar-refractivity contribution in [2.45, 2.75) is 57.5 Å². The van der Waals surface area contributed by atoms with Gasteiger partial charge in [-0.25, -0.2) is 9.97 Å². The van der Waals surface area contributed by atoms with Crippen LogP contribution in [0.4, 0.5) is 0 Å². The standard InChI is InChI=1S/C20H24N4O2/c25-19(7-3-15-10-21-13-22-11-15)23-17-5-6-18-16(9-17)4-8-20(26)24(18)12-14-1-2-14/h4,8,10-11,13-14,17H,1-3,5-7,9,12H2,(H,23,25)/t17-/m0/s1. The summed E-state index contributed by atoms with van der Waals surface area (Å²) >= 11 is 0. The minimum atomic E-state index is 0.0635. The molecule has 0 aromatic carbocycles. The smallest absolute Gasteiger partial charge is 0.250 e. The summed E-state index contributed by atoms with van der Waals surface area (Å²) in [6.45, 7) is 0.859. The zero-order chi connectivity index (χ0) is 17.9. The molecular weight excluding hydrogens is 328 g/mol. The first-order valence-electron chi connectivity index (χ1n) is 9.44. The molecule has 26 heavy (non-hydrogen) atoms. The largest absolute Gasteiger partial charge is 0.353 e. The van der Waals surface area contributed by atoms with Crippen molar-refractivity contribution >= 4 is 5.91 Å². The summed E-state index contributed by atoms with van der Waals surface area (Å²) in [5, 5.41) is 3.15. The van der Waals surface area contributed by atoms with E-state index < -0.39 is 0 Å². The van der Waals surface area contributed by atoms with Crippen LogP contribution in [0, 0.1) is 5.92 Å². The Hall–Kier alpha value is -2.50. The predicted molar refractivity (Wildman–Crippen MR) is 97.7 cm³/mol. The van der Waals surface area contributed by atoms with E-state index >= 15 is 0 Å². The van der Waals surface area contributed by atoms with Gasteiger partial charge in [0.1, 0.15) is 6.33 Å². The van der Waals surface area contributed by atoms with Crippen molar-refractivity contribution in [1.82, 2.24) is 19.9 Å². The predicted octanol–water partition coefficient (Wildman–Crippen LogP) is 1.65. The first-order chi connectivity index (χ1) is 12.7. The van der Waals surface area contributed by atoms with Gasteiger partial charge in [-0.1, -0.05) is 6.07 Å². The Labute approximate surface area is 152 Å². The fraction of sp³-hybridized carbons (Fsp3) is 0.500. The Kier molecular flexibility index (Phi) is 4.82. The first kappa shape index (κ1) is 16.9. The third-order valence-electron chi connectivity index (χ3n) is 5.34. The molecule has 2 aromatic heterocycles. The zero-order valence-electron chi connectivity index (χ0n) is 14.9. The second-order valence-electron chi connectivity index (χ2n) is 7.45. The van der Waals surface area contributed by atoms with Crippen LogP contribution in [0.5, 0.6) is 0 Å². The average molecular weight is 352 g/mol. The molecule has 0 unspecified atom stereocenters. The van der Waals surface area contributed by atoms with Crippen LogP contribution >= 0.6 is 0 Å². The maximum Gasteiger partial charge on any atom is 0.250 e. The highest BCUT2D eigenvalue weighted by atomic mass is 16.1. The molecule has 0 radical (unpaired) electrons. The fourth-order valence-electron chi connectivity index (χ4n) is 3.72. The minimum Gasteiger partial charge on any atom is -0.353 e. The van der Waals surface area contributed by atoms with Crippen molar-refractivity contribution in [2.24, 2.45) is 5.92 Å². The first-order valence-corrected chi connectivity index (χ1v) is 9.44. The second kappa shape index (κ2) is 7.40. The van der Waals surface area contributed by atoms with Crippen molar-refractivity contribution in [3.05, 3.63) is 58.0 Å². The lowest BCUT2D eigenvalue weighted by molar-refractivity contribution is -0.121. The molecule has 0 aliphatic heterocycles. The van der Waals surface area contributed by atoms with Crippen LogP contribution in [0.15, 0.2) is 35.6 Å². The van der Waals surface area contributed by atoms with Crippen LogP contribution in [-0.4, -0.2) is 26.5 Å². The summed E-state index contributed by atoms with van der Waals surface area (Å²) in [6, 6.07) is 3.77. The SMILES string of the molecule is O=C(CCc1cncnc1)N[C@H]1CCc2c(ccc(=O)n2CC2CC2)C1. The molecule has 0 spiro atoms. The monoisotopic (exact) mass is 352 g/mol. The second-order valence-corrected chi connectivity index (χ2v) is 7.45. The van der Waals surface area contributed by atoms with E-state index in [0.29, 0.717) is 18.8 Å². The van der Waals surface area contributed by atoms with Gasteiger partial charge in [-0.3, -0.25) is 9.59 Å². The maximum atomic E-state index is 12.3. The number of amides is 1. The van der Waals surface area contributed by atoms with Crippen molar-refractivity contribution < 1.29 is 4.79 Å². The Morgan fingerprint density at radius 3 is 2.77 bits per heavy atom. The van der Waals surface area contributed by atoms with Crippen molar-refractivity contribution in [2.75, 3.05) is 0 Å². The average Bonchev–Trinajstić information content (AvgIpc) is 3.47. The van der Waals surface area contributed by atoms with Crippen LogP contribution in [0.3, 0.4) is 0 Å². The van der Waals surface area contributed by atoms with Crippen LogP contribution in [0.2, 0.25) is 0 Å². The van der Waals surface area contributed by atoms with Gasteiger partial charge in [0.2, 0.25) is 5.91 Å². The van der Waals surface area contributed by atoms with E-state index in [1.165, 1.54) is 30.4 Å². The number of aryl methyl sites for hydroxylation is 1. The van der Waals surface area contributed by atoms with Crippen LogP contribution in [0.1, 0.15) is 42.5 Å². The number of pyridine rings is 1. The Balaban J connectivity index is 1.36. The van der Waals surface area contributed by atoms with E-state index in [1.807, 2.05) is 10.6 Å². The van der Waals surface area contributed by atoms with Gasteiger partial charge in [-0.05, 0) is 55.6 Å². The number of rotatable bonds is 6. The lowest BCUT2D eigenvalue weighted by Gasteiger charge is -2.27. The summed E-state index contributed by atoms with van der Waals surface area (Å²) in [5.41, 5.74) is 3.47. The molecule has 2 aliphatic rings. The van der Waals surface area contributed by atoms with Gasteiger partial charge in [0.25, 0.3) is 5.56 Å². The highest BCUT2D eigenvalue weighted by molar-refractivity contribution is 5.76. The molecule has 2 aliphatic carbocycles. The van der Waals surface area contributed by atoms with E-state index in [-0.39, 0.29) is 17.5 Å². The third-order valence-corrected chi connectivity index (χ3v) is 5.34. The van der Waals surface area contributed by atoms with Gasteiger partial charge in [0.05, 0.1) is 0 Å². The van der Waals surface area contributed by atoms with Gasteiger partial charge in [0, 0.05) is 43.2 Å². The number of hydrogen-bond donors (Lipinski definition) is 1. The quantitative estimate of drug-likeness (QED) is 0.858. The van der Waals surface area contributed by atoms with Crippen LogP contribution in [0.25, 0.3) is 0 Å². The Morgan fingerprint density at radius 1 is 1.19 bits per heavy atom. The van der Waals surface area contributed by atoms with E-state index in [4.69, 9.17) is 0 Å². The Morgan fingerprint density at radius 2 is 2.00 bits per heavy atom. The molecule has 1 amide bonds. The molecule has 6 nitrogen and oxygen atoms in total. The van der Waals surface area contributed by atoms with E-state index in [1.54, 1.807) is 18.5 Å². The molecule has 0 saturated heterocycles. The molecule has 1 saturated carbocycles. The number of hydrogen-bond acceptors (Lipinski definition) is 4. The van der Waals surface area contributed by atoms with Crippen LogP contribution < -0.4 is 10.9 Å². The Bertz CT molecular complexity index is 843. The summed E-state index contributed by atoms with van der Waals surface area (Å²) < 4.78 is 1.97. The van der Waals surface area contributed by atoms with Crippen LogP contribution in [-0.2, 0) is 30.6 Å². The number of aromatic nitrogens is 3. The maximum absolute atomic E-state index is 12.3. The minimum absolute atomic E-state index is 0.0635. The summed E-state index contributed by atoms with van der Waals surface area (Å²) in [5.74, 6) is 0.743. The van der Waals surface area contributed by atoms with E-state index in [0.717, 1.165) is 31.4 Å². The van der Waals surface area contributed by atoms with Gasteiger partial charge >= 0.3 is 0 Å². The molecule has 0 bridgehead atoms. The molecule has 1 N–H and O–H groups in total. The number of fused-ring (bicyclic) bond motifs is 1. The fourth-order valence-corrected chi connectivity index (χ4v) is 3.72. The number of nitrogens with one attached hydrogen (secondary N) is 1. The zero-order valence-corrected chi connectivity index (χ0v) is 14.9. The molecular formula is C20H24N4O2. The number of carbonyl (C=O) groups is 1. The highest BCUT2D eigenvalue weighted by Crippen LogP contribution is 2.31. The lowest BCUT2D eigenvalue weighted by atomic mass is 9.91. The molecule has 6 heteroatoms. The molecule has 1 fully saturated rings. The molecule has 2 aromatic rings. The molecule has 2 heterocycles. The van der Waals surface area contributed by atoms with Gasteiger partial charge in [-0.15, -0.1) is 0 Å². The molecule has 136 valence electrons. The van der Waals surface area contributed by atoms with E-state index in [9.17, 15) is 9.59 Å². The molecule has 4 rings (SSSR count). The summed E-state index contributed by atoms with van der Waals surface area (Å²) in [4.78, 5) is 32.4. The van der Waals surface area contributed by atoms with Gasteiger partial charge in [0.15, 0.2) is 0 Å². The normalized spacial score (nSPS) is 19.0. The van der Waals surface area contributed by atoms with Gasteiger partial charge in [-0.2, -0.15) is 0 Å². The summed E-state index contributed by atoms with van der Waals surface area (Å²) in [7, 11) is 0. The van der Waals surface area contributed by atoms with Gasteiger partial charge < -0.3 is 9.88 Å². The van der Waals surface area contributed by atoms with Crippen molar-refractivity contribution in [1.29, 1.82) is 0 Å². The van der Waals surface area contributed by atoms with Crippen molar-refractivity contribution in [3.8, 4) is 0 Å².